The van der Waals surface area contributed by atoms with Gasteiger partial charge in [-0.3, -0.25) is 9.78 Å². The quantitative estimate of drug-likeness (QED) is 0.216. The van der Waals surface area contributed by atoms with Crippen molar-refractivity contribution in [2.75, 3.05) is 11.9 Å². The number of carbonyl (C=O) groups is 2. The minimum Gasteiger partial charge on any atom is -0.462 e. The molecule has 142 valence electrons. The molecule has 2 rings (SSSR count). The molecule has 1 N–H and O–H groups in total. The predicted octanol–water partition coefficient (Wildman–Crippen LogP) is 4.76. The molecule has 0 aliphatic rings. The van der Waals surface area contributed by atoms with E-state index in [1.165, 1.54) is 13.1 Å². The van der Waals surface area contributed by atoms with Crippen molar-refractivity contribution < 1.29 is 14.3 Å². The van der Waals surface area contributed by atoms with Crippen molar-refractivity contribution in [2.24, 2.45) is 0 Å². The molecule has 0 aliphatic heterocycles. The standard InChI is InChI=1S/C22H26N2O3/c1-3-4-5-6-14-27-22(26)21(17(2)25)16-24-20-9-7-8-19(15-20)18-10-12-23-13-11-18/h7-13,15-16,24H,3-6,14H2,1-2H3/b21-16-. The fourth-order valence-electron chi connectivity index (χ4n) is 2.56. The van der Waals surface area contributed by atoms with Crippen LogP contribution in [0.3, 0.4) is 0 Å². The Morgan fingerprint density at radius 2 is 1.85 bits per heavy atom. The molecule has 1 heterocycles. The van der Waals surface area contributed by atoms with E-state index in [9.17, 15) is 9.59 Å². The van der Waals surface area contributed by atoms with Gasteiger partial charge in [0, 0.05) is 24.3 Å². The third-order valence-electron chi connectivity index (χ3n) is 4.09. The van der Waals surface area contributed by atoms with Gasteiger partial charge in [0.2, 0.25) is 0 Å². The topological polar surface area (TPSA) is 68.3 Å². The fourth-order valence-corrected chi connectivity index (χ4v) is 2.56. The molecule has 0 bridgehead atoms. The average Bonchev–Trinajstić information content (AvgIpc) is 2.68. The Morgan fingerprint density at radius 3 is 2.56 bits per heavy atom. The average molecular weight is 366 g/mol. The van der Waals surface area contributed by atoms with Crippen LogP contribution in [0.5, 0.6) is 0 Å². The van der Waals surface area contributed by atoms with Crippen molar-refractivity contribution in [1.82, 2.24) is 4.98 Å². The summed E-state index contributed by atoms with van der Waals surface area (Å²) in [5, 5.41) is 3.03. The van der Waals surface area contributed by atoms with Gasteiger partial charge < -0.3 is 10.1 Å². The highest BCUT2D eigenvalue weighted by Gasteiger charge is 2.15. The van der Waals surface area contributed by atoms with Gasteiger partial charge >= 0.3 is 5.97 Å². The van der Waals surface area contributed by atoms with Gasteiger partial charge in [0.15, 0.2) is 5.78 Å². The Bertz CT molecular complexity index is 785. The van der Waals surface area contributed by atoms with Crippen molar-refractivity contribution in [3.05, 3.63) is 60.6 Å². The Morgan fingerprint density at radius 1 is 1.07 bits per heavy atom. The Labute approximate surface area is 160 Å². The molecular formula is C22H26N2O3. The first kappa shape index (κ1) is 20.4. The van der Waals surface area contributed by atoms with Crippen LogP contribution < -0.4 is 5.32 Å². The zero-order valence-corrected chi connectivity index (χ0v) is 15.9. The summed E-state index contributed by atoms with van der Waals surface area (Å²) in [6.45, 7) is 3.82. The van der Waals surface area contributed by atoms with Gasteiger partial charge in [0.1, 0.15) is 5.57 Å². The van der Waals surface area contributed by atoms with Crippen LogP contribution in [0.25, 0.3) is 11.1 Å². The van der Waals surface area contributed by atoms with Crippen LogP contribution in [0.15, 0.2) is 60.6 Å². The van der Waals surface area contributed by atoms with Crippen molar-refractivity contribution in [1.29, 1.82) is 0 Å². The van der Waals surface area contributed by atoms with Gasteiger partial charge in [-0.25, -0.2) is 4.79 Å². The maximum atomic E-state index is 12.2. The smallest absolute Gasteiger partial charge is 0.343 e. The Hall–Kier alpha value is -2.95. The number of ketones is 1. The van der Waals surface area contributed by atoms with E-state index in [1.807, 2.05) is 36.4 Å². The van der Waals surface area contributed by atoms with E-state index in [0.717, 1.165) is 42.5 Å². The van der Waals surface area contributed by atoms with E-state index >= 15 is 0 Å². The molecule has 0 radical (unpaired) electrons. The highest BCUT2D eigenvalue weighted by Crippen LogP contribution is 2.22. The lowest BCUT2D eigenvalue weighted by Gasteiger charge is -2.08. The maximum Gasteiger partial charge on any atom is 0.343 e. The van der Waals surface area contributed by atoms with Gasteiger partial charge in [-0.1, -0.05) is 38.3 Å². The molecule has 0 saturated heterocycles. The van der Waals surface area contributed by atoms with Crippen LogP contribution in [0.1, 0.15) is 39.5 Å². The molecule has 27 heavy (non-hydrogen) atoms. The second-order valence-corrected chi connectivity index (χ2v) is 6.27. The molecule has 0 aliphatic carbocycles. The SMILES string of the molecule is CCCCCCOC(=O)/C(=C\Nc1cccc(-c2ccncc2)c1)C(C)=O. The number of pyridine rings is 1. The van der Waals surface area contributed by atoms with E-state index in [1.54, 1.807) is 12.4 Å². The number of carbonyl (C=O) groups excluding carboxylic acids is 2. The summed E-state index contributed by atoms with van der Waals surface area (Å²) >= 11 is 0. The second-order valence-electron chi connectivity index (χ2n) is 6.27. The number of benzene rings is 1. The zero-order chi connectivity index (χ0) is 19.5. The number of rotatable bonds is 10. The number of unbranched alkanes of at least 4 members (excludes halogenated alkanes) is 3. The molecule has 2 aromatic rings. The first-order valence-corrected chi connectivity index (χ1v) is 9.27. The summed E-state index contributed by atoms with van der Waals surface area (Å²) in [5.74, 6) is -0.914. The maximum absolute atomic E-state index is 12.2. The summed E-state index contributed by atoms with van der Waals surface area (Å²) < 4.78 is 5.22. The number of Topliss-reactive ketones (excluding diaryl/α,β-unsaturated/α-hetero) is 1. The predicted molar refractivity (Wildman–Crippen MR) is 107 cm³/mol. The molecule has 1 aromatic carbocycles. The molecule has 0 amide bonds. The van der Waals surface area contributed by atoms with E-state index in [2.05, 4.69) is 17.2 Å². The number of nitrogens with zero attached hydrogens (tertiary/aromatic N) is 1. The number of aromatic nitrogens is 1. The van der Waals surface area contributed by atoms with Crippen LogP contribution >= 0.6 is 0 Å². The number of hydrogen-bond acceptors (Lipinski definition) is 5. The van der Waals surface area contributed by atoms with Gasteiger partial charge in [-0.2, -0.15) is 0 Å². The number of nitrogens with one attached hydrogen (secondary N) is 1. The second kappa shape index (κ2) is 10.9. The lowest BCUT2D eigenvalue weighted by atomic mass is 10.1. The van der Waals surface area contributed by atoms with Crippen molar-refractivity contribution >= 4 is 17.4 Å². The van der Waals surface area contributed by atoms with Crippen molar-refractivity contribution in [3.63, 3.8) is 0 Å². The van der Waals surface area contributed by atoms with E-state index in [0.29, 0.717) is 6.61 Å². The fraction of sp³-hybridized carbons (Fsp3) is 0.318. The van der Waals surface area contributed by atoms with Crippen LogP contribution in [0, 0.1) is 0 Å². The lowest BCUT2D eigenvalue weighted by molar-refractivity contribution is -0.140. The molecule has 0 atom stereocenters. The van der Waals surface area contributed by atoms with Crippen molar-refractivity contribution in [2.45, 2.75) is 39.5 Å². The Balaban J connectivity index is 2.02. The van der Waals surface area contributed by atoms with Crippen LogP contribution in [-0.4, -0.2) is 23.3 Å². The van der Waals surface area contributed by atoms with Crippen LogP contribution in [-0.2, 0) is 14.3 Å². The monoisotopic (exact) mass is 366 g/mol. The highest BCUT2D eigenvalue weighted by molar-refractivity contribution is 6.16. The minimum atomic E-state index is -0.586. The van der Waals surface area contributed by atoms with E-state index in [4.69, 9.17) is 4.74 Å². The molecule has 5 nitrogen and oxygen atoms in total. The largest absolute Gasteiger partial charge is 0.462 e. The molecule has 0 spiro atoms. The molecule has 0 unspecified atom stereocenters. The molecule has 0 saturated carbocycles. The summed E-state index contributed by atoms with van der Waals surface area (Å²) in [6.07, 6.45) is 8.95. The number of hydrogen-bond donors (Lipinski definition) is 1. The van der Waals surface area contributed by atoms with Crippen LogP contribution in [0.2, 0.25) is 0 Å². The van der Waals surface area contributed by atoms with E-state index in [-0.39, 0.29) is 11.4 Å². The summed E-state index contributed by atoms with van der Waals surface area (Å²) in [5.41, 5.74) is 2.84. The third kappa shape index (κ3) is 6.70. The van der Waals surface area contributed by atoms with Crippen molar-refractivity contribution in [3.8, 4) is 11.1 Å². The summed E-state index contributed by atoms with van der Waals surface area (Å²) in [4.78, 5) is 28.0. The molecule has 0 fully saturated rings. The Kier molecular flexibility index (Phi) is 8.23. The zero-order valence-electron chi connectivity index (χ0n) is 15.9. The van der Waals surface area contributed by atoms with E-state index < -0.39 is 5.97 Å². The van der Waals surface area contributed by atoms with Crippen LogP contribution in [0.4, 0.5) is 5.69 Å². The third-order valence-corrected chi connectivity index (χ3v) is 4.09. The van der Waals surface area contributed by atoms with Gasteiger partial charge in [-0.15, -0.1) is 0 Å². The highest BCUT2D eigenvalue weighted by atomic mass is 16.5. The summed E-state index contributed by atoms with van der Waals surface area (Å²) in [6, 6.07) is 11.6. The lowest BCUT2D eigenvalue weighted by Crippen LogP contribution is -2.16. The number of ether oxygens (including phenoxy) is 1. The van der Waals surface area contributed by atoms with Gasteiger partial charge in [0.25, 0.3) is 0 Å². The van der Waals surface area contributed by atoms with Gasteiger partial charge in [-0.05, 0) is 48.7 Å². The summed E-state index contributed by atoms with van der Waals surface area (Å²) in [7, 11) is 0. The van der Waals surface area contributed by atoms with Gasteiger partial charge in [0.05, 0.1) is 6.61 Å². The first-order chi connectivity index (χ1) is 13.1. The number of anilines is 1. The first-order valence-electron chi connectivity index (χ1n) is 9.27. The minimum absolute atomic E-state index is 0.0137. The normalized spacial score (nSPS) is 11.1. The molecular weight excluding hydrogens is 340 g/mol. The molecule has 5 heteroatoms. The molecule has 1 aromatic heterocycles. The number of esters is 1.